The van der Waals surface area contributed by atoms with Gasteiger partial charge >= 0.3 is 5.97 Å². The minimum Gasteiger partial charge on any atom is -0.489 e. The quantitative estimate of drug-likeness (QED) is 0.667. The fourth-order valence-corrected chi connectivity index (χ4v) is 2.20. The van der Waals surface area contributed by atoms with Crippen LogP contribution >= 0.6 is 11.6 Å². The second kappa shape index (κ2) is 7.36. The van der Waals surface area contributed by atoms with E-state index in [0.29, 0.717) is 49.2 Å². The first-order valence-corrected chi connectivity index (χ1v) is 6.94. The number of hydrogen-bond donors (Lipinski definition) is 1. The van der Waals surface area contributed by atoms with E-state index in [1.165, 1.54) is 7.11 Å². The van der Waals surface area contributed by atoms with Crippen molar-refractivity contribution in [3.63, 3.8) is 0 Å². The van der Waals surface area contributed by atoms with Crippen LogP contribution in [0.25, 0.3) is 0 Å². The number of halogens is 1. The Kier molecular flexibility index (Phi) is 5.49. The van der Waals surface area contributed by atoms with Gasteiger partial charge in [0, 0.05) is 19.5 Å². The summed E-state index contributed by atoms with van der Waals surface area (Å²) in [4.78, 5) is 11.0. The van der Waals surface area contributed by atoms with Crippen molar-refractivity contribution in [2.24, 2.45) is 0 Å². The van der Waals surface area contributed by atoms with Crippen LogP contribution in [0.15, 0.2) is 12.1 Å². The number of nitrogens with one attached hydrogen (secondary N) is 1. The normalized spacial score (nSPS) is 13.7. The van der Waals surface area contributed by atoms with E-state index < -0.39 is 0 Å². The summed E-state index contributed by atoms with van der Waals surface area (Å²) in [6.07, 6.45) is 1.19. The summed E-state index contributed by atoms with van der Waals surface area (Å²) in [5, 5.41) is 3.71. The molecule has 0 fully saturated rings. The molecule has 1 aliphatic rings. The SMILES string of the molecule is COC(=O)CCNCc1cc(Cl)c2c(c1)OCCCO2. The van der Waals surface area contributed by atoms with Crippen LogP contribution < -0.4 is 14.8 Å². The molecular weight excluding hydrogens is 282 g/mol. The maximum Gasteiger partial charge on any atom is 0.306 e. The number of hydrogen-bond acceptors (Lipinski definition) is 5. The van der Waals surface area contributed by atoms with Crippen molar-refractivity contribution >= 4 is 17.6 Å². The second-order valence-corrected chi connectivity index (χ2v) is 4.87. The van der Waals surface area contributed by atoms with Gasteiger partial charge < -0.3 is 19.5 Å². The first-order chi connectivity index (χ1) is 9.70. The number of rotatable bonds is 5. The molecule has 0 unspecified atom stereocenters. The van der Waals surface area contributed by atoms with Crippen LogP contribution in [-0.2, 0) is 16.1 Å². The van der Waals surface area contributed by atoms with Crippen molar-refractivity contribution in [3.05, 3.63) is 22.7 Å². The minimum atomic E-state index is -0.228. The molecule has 0 bridgehead atoms. The van der Waals surface area contributed by atoms with Gasteiger partial charge in [-0.3, -0.25) is 4.79 Å². The van der Waals surface area contributed by atoms with Crippen molar-refractivity contribution < 1.29 is 19.0 Å². The maximum atomic E-state index is 11.0. The molecular formula is C14H18ClNO4. The first kappa shape index (κ1) is 14.9. The highest BCUT2D eigenvalue weighted by Gasteiger charge is 2.15. The van der Waals surface area contributed by atoms with Crippen LogP contribution in [0.3, 0.4) is 0 Å². The zero-order valence-electron chi connectivity index (χ0n) is 11.4. The number of esters is 1. The molecule has 110 valence electrons. The van der Waals surface area contributed by atoms with Crippen LogP contribution in [0.4, 0.5) is 0 Å². The lowest BCUT2D eigenvalue weighted by molar-refractivity contribution is -0.140. The molecule has 0 saturated carbocycles. The van der Waals surface area contributed by atoms with Crippen molar-refractivity contribution in [1.82, 2.24) is 5.32 Å². The van der Waals surface area contributed by atoms with E-state index in [1.54, 1.807) is 0 Å². The Bertz CT molecular complexity index is 478. The van der Waals surface area contributed by atoms with Gasteiger partial charge in [0.1, 0.15) is 0 Å². The van der Waals surface area contributed by atoms with Gasteiger partial charge in [0.05, 0.1) is 31.8 Å². The van der Waals surface area contributed by atoms with Gasteiger partial charge in [0.25, 0.3) is 0 Å². The molecule has 6 heteroatoms. The Morgan fingerprint density at radius 1 is 1.40 bits per heavy atom. The zero-order chi connectivity index (χ0) is 14.4. The van der Waals surface area contributed by atoms with Crippen molar-refractivity contribution in [3.8, 4) is 11.5 Å². The largest absolute Gasteiger partial charge is 0.489 e. The molecule has 0 aliphatic carbocycles. The standard InChI is InChI=1S/C14H18ClNO4/c1-18-13(17)3-4-16-9-10-7-11(15)14-12(8-10)19-5-2-6-20-14/h7-8,16H,2-6,9H2,1H3. The smallest absolute Gasteiger partial charge is 0.306 e. The maximum absolute atomic E-state index is 11.0. The number of ether oxygens (including phenoxy) is 3. The van der Waals surface area contributed by atoms with E-state index in [2.05, 4.69) is 10.1 Å². The lowest BCUT2D eigenvalue weighted by Crippen LogP contribution is -2.18. The highest BCUT2D eigenvalue weighted by Crippen LogP contribution is 2.37. The van der Waals surface area contributed by atoms with Crippen LogP contribution in [0.2, 0.25) is 5.02 Å². The third-order valence-corrected chi connectivity index (χ3v) is 3.21. The Morgan fingerprint density at radius 3 is 3.00 bits per heavy atom. The molecule has 5 nitrogen and oxygen atoms in total. The molecule has 0 amide bonds. The van der Waals surface area contributed by atoms with E-state index >= 15 is 0 Å². The molecule has 1 aromatic carbocycles. The van der Waals surface area contributed by atoms with Gasteiger partial charge in [0.2, 0.25) is 0 Å². The Morgan fingerprint density at radius 2 is 2.20 bits per heavy atom. The van der Waals surface area contributed by atoms with Crippen LogP contribution in [0.5, 0.6) is 11.5 Å². The molecule has 1 aliphatic heterocycles. The zero-order valence-corrected chi connectivity index (χ0v) is 12.2. The van der Waals surface area contributed by atoms with Gasteiger partial charge in [-0.1, -0.05) is 11.6 Å². The van der Waals surface area contributed by atoms with Crippen LogP contribution in [0.1, 0.15) is 18.4 Å². The fourth-order valence-electron chi connectivity index (χ4n) is 1.91. The molecule has 1 heterocycles. The van der Waals surface area contributed by atoms with Crippen molar-refractivity contribution in [1.29, 1.82) is 0 Å². The summed E-state index contributed by atoms with van der Waals surface area (Å²) in [7, 11) is 1.38. The summed E-state index contributed by atoms with van der Waals surface area (Å²) in [5.41, 5.74) is 0.990. The van der Waals surface area contributed by atoms with Gasteiger partial charge in [0.15, 0.2) is 11.5 Å². The van der Waals surface area contributed by atoms with E-state index in [1.807, 2.05) is 12.1 Å². The molecule has 0 aromatic heterocycles. The summed E-state index contributed by atoms with van der Waals surface area (Å²) in [6, 6.07) is 3.76. The molecule has 0 atom stereocenters. The lowest BCUT2D eigenvalue weighted by Gasteiger charge is -2.12. The molecule has 2 rings (SSSR count). The predicted octanol–water partition coefficient (Wildman–Crippen LogP) is 2.15. The van der Waals surface area contributed by atoms with Gasteiger partial charge in [-0.05, 0) is 17.7 Å². The highest BCUT2D eigenvalue weighted by molar-refractivity contribution is 6.32. The molecule has 0 saturated heterocycles. The molecule has 1 N–H and O–H groups in total. The van der Waals surface area contributed by atoms with E-state index in [9.17, 15) is 4.79 Å². The highest BCUT2D eigenvalue weighted by atomic mass is 35.5. The number of carbonyl (C=O) groups is 1. The molecule has 1 aromatic rings. The third-order valence-electron chi connectivity index (χ3n) is 2.92. The van der Waals surface area contributed by atoms with E-state index in [0.717, 1.165) is 12.0 Å². The van der Waals surface area contributed by atoms with Crippen molar-refractivity contribution in [2.45, 2.75) is 19.4 Å². The average Bonchev–Trinajstić information content (AvgIpc) is 2.69. The van der Waals surface area contributed by atoms with Crippen molar-refractivity contribution in [2.75, 3.05) is 26.9 Å². The molecule has 0 radical (unpaired) electrons. The summed E-state index contributed by atoms with van der Waals surface area (Å²) >= 11 is 6.20. The number of benzene rings is 1. The Balaban J connectivity index is 1.94. The average molecular weight is 300 g/mol. The van der Waals surface area contributed by atoms with Gasteiger partial charge in [-0.2, -0.15) is 0 Å². The molecule has 0 spiro atoms. The van der Waals surface area contributed by atoms with E-state index in [4.69, 9.17) is 21.1 Å². The summed E-state index contributed by atoms with van der Waals surface area (Å²) in [5.74, 6) is 1.07. The monoisotopic (exact) mass is 299 g/mol. The number of carbonyl (C=O) groups excluding carboxylic acids is 1. The van der Waals surface area contributed by atoms with Crippen LogP contribution in [0, 0.1) is 0 Å². The summed E-state index contributed by atoms with van der Waals surface area (Å²) < 4.78 is 15.8. The van der Waals surface area contributed by atoms with Gasteiger partial charge in [-0.15, -0.1) is 0 Å². The fraction of sp³-hybridized carbons (Fsp3) is 0.500. The minimum absolute atomic E-state index is 0.228. The first-order valence-electron chi connectivity index (χ1n) is 6.56. The Hall–Kier alpha value is -1.46. The van der Waals surface area contributed by atoms with E-state index in [-0.39, 0.29) is 5.97 Å². The Labute approximate surface area is 123 Å². The third kappa shape index (κ3) is 4.02. The molecule has 20 heavy (non-hydrogen) atoms. The number of methoxy groups -OCH3 is 1. The summed E-state index contributed by atoms with van der Waals surface area (Å²) in [6.45, 7) is 2.40. The predicted molar refractivity (Wildman–Crippen MR) is 75.4 cm³/mol. The van der Waals surface area contributed by atoms with Gasteiger partial charge in [-0.25, -0.2) is 0 Å². The topological polar surface area (TPSA) is 56.8 Å². The second-order valence-electron chi connectivity index (χ2n) is 4.46. The number of fused-ring (bicyclic) bond motifs is 1. The lowest BCUT2D eigenvalue weighted by atomic mass is 10.2. The van der Waals surface area contributed by atoms with Crippen LogP contribution in [-0.4, -0.2) is 32.8 Å².